The maximum atomic E-state index is 13.0. The quantitative estimate of drug-likeness (QED) is 0.311. The lowest BCUT2D eigenvalue weighted by molar-refractivity contribution is -0.136. The molecule has 9 heteroatoms. The molecular weight excluding hydrogens is 410 g/mol. The third kappa shape index (κ3) is 4.30. The van der Waals surface area contributed by atoms with Crippen molar-refractivity contribution in [2.75, 3.05) is 0 Å². The van der Waals surface area contributed by atoms with Crippen LogP contribution in [0.1, 0.15) is 52.7 Å². The number of nitrogens with one attached hydrogen (secondary N) is 3. The van der Waals surface area contributed by atoms with E-state index in [9.17, 15) is 19.5 Å². The van der Waals surface area contributed by atoms with Crippen molar-refractivity contribution in [3.63, 3.8) is 0 Å². The van der Waals surface area contributed by atoms with Gasteiger partial charge in [-0.25, -0.2) is 0 Å². The van der Waals surface area contributed by atoms with Crippen LogP contribution in [0.15, 0.2) is 42.6 Å². The lowest BCUT2D eigenvalue weighted by Gasteiger charge is -2.29. The standard InChI is InChI=1S/C23H27N5O4/c1-13(24)20-14(11-25-23(32)26-15-5-3-2-4-6-15)7-8-16-17(20)12-28(22(16)31)18-9-10-19(29)27-21(18)30/h3,5-8,18,23,25-26,32H,1-2,4,9-12,24H2,(H,27,29,30). The van der Waals surface area contributed by atoms with Gasteiger partial charge in [-0.1, -0.05) is 24.8 Å². The molecule has 32 heavy (non-hydrogen) atoms. The molecule has 0 radical (unpaired) electrons. The van der Waals surface area contributed by atoms with Gasteiger partial charge in [0.15, 0.2) is 6.35 Å². The Bertz CT molecular complexity index is 1050. The first-order valence-corrected chi connectivity index (χ1v) is 10.6. The average molecular weight is 438 g/mol. The minimum Gasteiger partial charge on any atom is -0.399 e. The van der Waals surface area contributed by atoms with E-state index in [-0.39, 0.29) is 31.3 Å². The second kappa shape index (κ2) is 8.97. The van der Waals surface area contributed by atoms with E-state index in [0.717, 1.165) is 24.1 Å². The number of fused-ring (bicyclic) bond motifs is 1. The van der Waals surface area contributed by atoms with Gasteiger partial charge >= 0.3 is 0 Å². The van der Waals surface area contributed by atoms with E-state index < -0.39 is 18.3 Å². The summed E-state index contributed by atoms with van der Waals surface area (Å²) in [5.74, 6) is -1.06. The number of hydrogen-bond acceptors (Lipinski definition) is 7. The van der Waals surface area contributed by atoms with Crippen LogP contribution >= 0.6 is 0 Å². The number of amides is 3. The molecule has 2 atom stereocenters. The second-order valence-corrected chi connectivity index (χ2v) is 8.12. The Labute approximate surface area is 186 Å². The van der Waals surface area contributed by atoms with Gasteiger partial charge in [0.2, 0.25) is 11.8 Å². The van der Waals surface area contributed by atoms with Crippen LogP contribution in [0.4, 0.5) is 0 Å². The van der Waals surface area contributed by atoms with Crippen molar-refractivity contribution in [3.05, 3.63) is 64.9 Å². The smallest absolute Gasteiger partial charge is 0.255 e. The van der Waals surface area contributed by atoms with Crippen molar-refractivity contribution in [1.82, 2.24) is 20.9 Å². The highest BCUT2D eigenvalue weighted by atomic mass is 16.3. The number of benzene rings is 1. The van der Waals surface area contributed by atoms with Crippen LogP contribution in [0.25, 0.3) is 5.70 Å². The Balaban J connectivity index is 1.51. The Morgan fingerprint density at radius 2 is 2.12 bits per heavy atom. The molecule has 3 aliphatic rings. The highest BCUT2D eigenvalue weighted by Gasteiger charge is 2.40. The van der Waals surface area contributed by atoms with Gasteiger partial charge in [0, 0.05) is 42.0 Å². The number of rotatable bonds is 7. The fraction of sp³-hybridized carbons (Fsp3) is 0.348. The van der Waals surface area contributed by atoms with Gasteiger partial charge in [-0.05, 0) is 42.5 Å². The summed E-state index contributed by atoms with van der Waals surface area (Å²) < 4.78 is 0. The lowest BCUT2D eigenvalue weighted by Crippen LogP contribution is -2.52. The van der Waals surface area contributed by atoms with E-state index in [1.807, 2.05) is 18.2 Å². The fourth-order valence-electron chi connectivity index (χ4n) is 4.37. The van der Waals surface area contributed by atoms with Gasteiger partial charge in [0.1, 0.15) is 6.04 Å². The van der Waals surface area contributed by atoms with Crippen LogP contribution < -0.4 is 21.7 Å². The van der Waals surface area contributed by atoms with E-state index in [2.05, 4.69) is 22.5 Å². The first kappa shape index (κ1) is 21.8. The summed E-state index contributed by atoms with van der Waals surface area (Å²) in [7, 11) is 0. The number of carbonyl (C=O) groups is 3. The summed E-state index contributed by atoms with van der Waals surface area (Å²) in [4.78, 5) is 38.3. The molecule has 1 aromatic carbocycles. The molecule has 1 saturated heterocycles. The average Bonchev–Trinajstić information content (AvgIpc) is 3.08. The van der Waals surface area contributed by atoms with E-state index in [1.165, 1.54) is 4.90 Å². The van der Waals surface area contributed by atoms with Crippen molar-refractivity contribution in [1.29, 1.82) is 0 Å². The number of piperidine rings is 1. The summed E-state index contributed by atoms with van der Waals surface area (Å²) in [6.45, 7) is 4.37. The number of imide groups is 1. The highest BCUT2D eigenvalue weighted by molar-refractivity contribution is 6.06. The molecule has 9 nitrogen and oxygen atoms in total. The van der Waals surface area contributed by atoms with E-state index in [4.69, 9.17) is 5.73 Å². The maximum Gasteiger partial charge on any atom is 0.255 e. The Morgan fingerprint density at radius 1 is 1.31 bits per heavy atom. The molecule has 6 N–H and O–H groups in total. The molecule has 3 amide bonds. The number of aliphatic hydroxyl groups is 1. The van der Waals surface area contributed by atoms with Crippen LogP contribution in [-0.4, -0.2) is 40.1 Å². The van der Waals surface area contributed by atoms with Crippen LogP contribution in [0.5, 0.6) is 0 Å². The van der Waals surface area contributed by atoms with Crippen LogP contribution in [0, 0.1) is 0 Å². The molecule has 1 aromatic rings. The molecule has 2 aliphatic heterocycles. The molecule has 0 spiro atoms. The van der Waals surface area contributed by atoms with Crippen LogP contribution in [0.2, 0.25) is 0 Å². The fourth-order valence-corrected chi connectivity index (χ4v) is 4.37. The van der Waals surface area contributed by atoms with Crippen molar-refractivity contribution in [2.24, 2.45) is 5.73 Å². The number of nitrogens with zero attached hydrogens (tertiary/aromatic N) is 1. The Hall–Kier alpha value is -3.43. The first-order chi connectivity index (χ1) is 15.3. The molecule has 4 rings (SSSR count). The van der Waals surface area contributed by atoms with Crippen molar-refractivity contribution < 1.29 is 19.5 Å². The van der Waals surface area contributed by atoms with Gasteiger partial charge in [-0.2, -0.15) is 0 Å². The summed E-state index contributed by atoms with van der Waals surface area (Å²) >= 11 is 0. The van der Waals surface area contributed by atoms with Gasteiger partial charge < -0.3 is 21.1 Å². The number of nitrogens with two attached hydrogens (primary N) is 1. The van der Waals surface area contributed by atoms with Gasteiger partial charge in [0.25, 0.3) is 5.91 Å². The largest absolute Gasteiger partial charge is 0.399 e. The zero-order valence-electron chi connectivity index (χ0n) is 17.7. The normalized spacial score (nSPS) is 21.2. The monoisotopic (exact) mass is 437 g/mol. The number of aliphatic hydroxyl groups excluding tert-OH is 1. The van der Waals surface area contributed by atoms with Gasteiger partial charge in [-0.15, -0.1) is 0 Å². The molecular formula is C23H27N5O4. The summed E-state index contributed by atoms with van der Waals surface area (Å²) in [5, 5.41) is 18.6. The summed E-state index contributed by atoms with van der Waals surface area (Å²) in [6, 6.07) is 2.78. The van der Waals surface area contributed by atoms with E-state index in [1.54, 1.807) is 12.1 Å². The molecule has 0 bridgehead atoms. The van der Waals surface area contributed by atoms with Crippen LogP contribution in [0.3, 0.4) is 0 Å². The van der Waals surface area contributed by atoms with Crippen molar-refractivity contribution in [2.45, 2.75) is 51.2 Å². The second-order valence-electron chi connectivity index (χ2n) is 8.12. The molecule has 168 valence electrons. The maximum absolute atomic E-state index is 13.0. The van der Waals surface area contributed by atoms with Crippen molar-refractivity contribution in [3.8, 4) is 0 Å². The molecule has 1 fully saturated rings. The van der Waals surface area contributed by atoms with Crippen molar-refractivity contribution >= 4 is 23.4 Å². The SMILES string of the molecule is C=C(N)c1c(CNC(O)NC2=CCCC=C2)ccc2c1CN(C1CCC(=O)NC1=O)C2=O. The zero-order valence-corrected chi connectivity index (χ0v) is 17.7. The zero-order chi connectivity index (χ0) is 22.8. The van der Waals surface area contributed by atoms with E-state index in [0.29, 0.717) is 28.8 Å². The van der Waals surface area contributed by atoms with Crippen LogP contribution in [-0.2, 0) is 22.7 Å². The predicted octanol–water partition coefficient (Wildman–Crippen LogP) is 0.566. The number of carbonyl (C=O) groups excluding carboxylic acids is 3. The number of hydrogen-bond donors (Lipinski definition) is 5. The molecule has 2 heterocycles. The Kier molecular flexibility index (Phi) is 6.11. The minimum absolute atomic E-state index is 0.193. The van der Waals surface area contributed by atoms with Gasteiger partial charge in [-0.3, -0.25) is 25.0 Å². The summed E-state index contributed by atoms with van der Waals surface area (Å²) in [6.07, 6.45) is 7.40. The topological polar surface area (TPSA) is 137 Å². The van der Waals surface area contributed by atoms with Gasteiger partial charge in [0.05, 0.1) is 0 Å². The third-order valence-corrected chi connectivity index (χ3v) is 5.91. The lowest BCUT2D eigenvalue weighted by atomic mass is 9.95. The number of allylic oxidation sites excluding steroid dienone is 3. The minimum atomic E-state index is -0.974. The summed E-state index contributed by atoms with van der Waals surface area (Å²) in [5.41, 5.74) is 9.83. The molecule has 1 aliphatic carbocycles. The van der Waals surface area contributed by atoms with E-state index >= 15 is 0 Å². The first-order valence-electron chi connectivity index (χ1n) is 10.6. The molecule has 0 saturated carbocycles. The third-order valence-electron chi connectivity index (χ3n) is 5.91. The Morgan fingerprint density at radius 3 is 2.81 bits per heavy atom. The predicted molar refractivity (Wildman–Crippen MR) is 118 cm³/mol. The highest BCUT2D eigenvalue weighted by Crippen LogP contribution is 2.33. The molecule has 2 unspecified atom stereocenters. The molecule has 0 aromatic heterocycles.